The van der Waals surface area contributed by atoms with E-state index in [1.165, 1.54) is 154 Å². The molecule has 0 radical (unpaired) electrons. The molecule has 0 aromatic carbocycles. The van der Waals surface area contributed by atoms with E-state index >= 15 is 0 Å². The van der Waals surface area contributed by atoms with E-state index in [0.717, 1.165) is 44.9 Å². The lowest BCUT2D eigenvalue weighted by atomic mass is 9.96. The van der Waals surface area contributed by atoms with Crippen molar-refractivity contribution in [1.29, 1.82) is 0 Å². The average molecular weight is 1210 g/mol. The molecule has 3 aliphatic heterocycles. The number of carbonyl (C=O) groups is 1. The molecule has 0 spiro atoms. The van der Waals surface area contributed by atoms with Crippen molar-refractivity contribution in [2.75, 3.05) is 26.4 Å². The topological polar surface area (TPSA) is 307 Å². The molecule has 19 heteroatoms. The van der Waals surface area contributed by atoms with Gasteiger partial charge in [0.1, 0.15) is 73.2 Å². The Bertz CT molecular complexity index is 1740. The van der Waals surface area contributed by atoms with Gasteiger partial charge in [0, 0.05) is 6.42 Å². The summed E-state index contributed by atoms with van der Waals surface area (Å²) in [5, 5.41) is 120. The molecule has 19 nitrogen and oxygen atoms in total. The Morgan fingerprint density at radius 2 is 0.788 bits per heavy atom. The first kappa shape index (κ1) is 77.0. The van der Waals surface area contributed by atoms with E-state index in [1.54, 1.807) is 6.08 Å². The fraction of sp³-hybridized carbons (Fsp3) is 0.864. The Kier molecular flexibility index (Phi) is 44.0. The summed E-state index contributed by atoms with van der Waals surface area (Å²) in [5.74, 6) is -0.287. The minimum Gasteiger partial charge on any atom is -0.394 e. The normalized spacial score (nSPS) is 29.3. The summed E-state index contributed by atoms with van der Waals surface area (Å²) in [6, 6.07) is -0.990. The van der Waals surface area contributed by atoms with Crippen molar-refractivity contribution >= 4 is 5.91 Å². The molecule has 0 aromatic heterocycles. The molecule has 0 aliphatic carbocycles. The van der Waals surface area contributed by atoms with Gasteiger partial charge in [0.25, 0.3) is 0 Å². The van der Waals surface area contributed by atoms with Crippen LogP contribution in [0.4, 0.5) is 0 Å². The van der Waals surface area contributed by atoms with Crippen LogP contribution < -0.4 is 5.32 Å². The van der Waals surface area contributed by atoms with Crippen LogP contribution in [0, 0.1) is 0 Å². The lowest BCUT2D eigenvalue weighted by Gasteiger charge is -2.48. The van der Waals surface area contributed by atoms with Crippen LogP contribution in [-0.4, -0.2) is 193 Å². The summed E-state index contributed by atoms with van der Waals surface area (Å²) in [7, 11) is 0. The maximum Gasteiger partial charge on any atom is 0.220 e. The number of unbranched alkanes of at least 4 members (excludes halogenated alkanes) is 28. The van der Waals surface area contributed by atoms with Gasteiger partial charge in [-0.1, -0.05) is 210 Å². The number of aliphatic hydroxyl groups is 11. The van der Waals surface area contributed by atoms with E-state index in [1.807, 2.05) is 6.08 Å². The molecular formula is C66H119NO18. The smallest absolute Gasteiger partial charge is 0.220 e. The number of allylic oxidation sites excluding steroid dienone is 7. The van der Waals surface area contributed by atoms with Crippen molar-refractivity contribution in [3.63, 3.8) is 0 Å². The number of amides is 1. The summed E-state index contributed by atoms with van der Waals surface area (Å²) in [4.78, 5) is 13.4. The summed E-state index contributed by atoms with van der Waals surface area (Å²) in [5.41, 5.74) is 0. The van der Waals surface area contributed by atoms with E-state index in [9.17, 15) is 61.0 Å². The molecular weight excluding hydrogens is 1090 g/mol. The van der Waals surface area contributed by atoms with Crippen LogP contribution in [-0.2, 0) is 33.2 Å². The first-order valence-corrected chi connectivity index (χ1v) is 33.4. The third-order valence-electron chi connectivity index (χ3n) is 16.6. The van der Waals surface area contributed by atoms with Crippen LogP contribution in [0.15, 0.2) is 48.6 Å². The van der Waals surface area contributed by atoms with Gasteiger partial charge in [0.15, 0.2) is 18.9 Å². The van der Waals surface area contributed by atoms with E-state index in [0.29, 0.717) is 12.8 Å². The molecule has 3 fully saturated rings. The van der Waals surface area contributed by atoms with Gasteiger partial charge in [-0.25, -0.2) is 0 Å². The Labute approximate surface area is 510 Å². The lowest BCUT2D eigenvalue weighted by molar-refractivity contribution is -0.379. The number of carbonyl (C=O) groups excluding carboxylic acids is 1. The summed E-state index contributed by atoms with van der Waals surface area (Å²) >= 11 is 0. The number of hydrogen-bond donors (Lipinski definition) is 12. The minimum atomic E-state index is -1.98. The molecule has 1 amide bonds. The van der Waals surface area contributed by atoms with Crippen LogP contribution in [0.1, 0.15) is 232 Å². The minimum absolute atomic E-state index is 0.234. The molecule has 17 unspecified atom stereocenters. The van der Waals surface area contributed by atoms with Crippen molar-refractivity contribution < 1.29 is 89.4 Å². The number of hydrogen-bond acceptors (Lipinski definition) is 18. The summed E-state index contributed by atoms with van der Waals surface area (Å²) in [6.07, 6.45) is 29.5. The second-order valence-corrected chi connectivity index (χ2v) is 23.9. The van der Waals surface area contributed by atoms with E-state index in [2.05, 4.69) is 55.6 Å². The zero-order valence-corrected chi connectivity index (χ0v) is 52.1. The van der Waals surface area contributed by atoms with Gasteiger partial charge in [-0.15, -0.1) is 0 Å². The predicted octanol–water partition coefficient (Wildman–Crippen LogP) is 7.83. The Hall–Kier alpha value is -2.25. The highest BCUT2D eigenvalue weighted by molar-refractivity contribution is 5.76. The maximum atomic E-state index is 13.4. The molecule has 85 heavy (non-hydrogen) atoms. The maximum absolute atomic E-state index is 13.4. The van der Waals surface area contributed by atoms with Gasteiger partial charge >= 0.3 is 0 Å². The lowest BCUT2D eigenvalue weighted by Crippen LogP contribution is -2.66. The van der Waals surface area contributed by atoms with Gasteiger partial charge in [0.2, 0.25) is 5.91 Å². The molecule has 3 rings (SSSR count). The second kappa shape index (κ2) is 48.6. The van der Waals surface area contributed by atoms with Crippen molar-refractivity contribution in [1.82, 2.24) is 5.32 Å². The number of nitrogens with one attached hydrogen (secondary N) is 1. The van der Waals surface area contributed by atoms with Crippen LogP contribution in [0.2, 0.25) is 0 Å². The molecule has 0 saturated carbocycles. The zero-order valence-electron chi connectivity index (χ0n) is 52.1. The fourth-order valence-corrected chi connectivity index (χ4v) is 11.1. The second-order valence-electron chi connectivity index (χ2n) is 23.9. The van der Waals surface area contributed by atoms with E-state index in [4.69, 9.17) is 28.4 Å². The summed E-state index contributed by atoms with van der Waals surface area (Å²) < 4.78 is 34.3. The molecule has 17 atom stereocenters. The highest BCUT2D eigenvalue weighted by Crippen LogP contribution is 2.33. The zero-order chi connectivity index (χ0) is 61.9. The van der Waals surface area contributed by atoms with E-state index in [-0.39, 0.29) is 18.9 Å². The quantitative estimate of drug-likeness (QED) is 0.0204. The van der Waals surface area contributed by atoms with Crippen LogP contribution in [0.5, 0.6) is 0 Å². The predicted molar refractivity (Wildman–Crippen MR) is 328 cm³/mol. The van der Waals surface area contributed by atoms with Gasteiger partial charge in [0.05, 0.1) is 38.6 Å². The highest BCUT2D eigenvalue weighted by atomic mass is 16.8. The number of rotatable bonds is 50. The van der Waals surface area contributed by atoms with Gasteiger partial charge < -0.3 is 89.9 Å². The molecule has 0 aromatic rings. The third-order valence-corrected chi connectivity index (χ3v) is 16.6. The van der Waals surface area contributed by atoms with Crippen LogP contribution in [0.3, 0.4) is 0 Å². The van der Waals surface area contributed by atoms with Crippen LogP contribution >= 0.6 is 0 Å². The molecule has 3 aliphatic rings. The number of aliphatic hydroxyl groups excluding tert-OH is 11. The first-order chi connectivity index (χ1) is 41.3. The monoisotopic (exact) mass is 1210 g/mol. The Morgan fingerprint density at radius 1 is 0.424 bits per heavy atom. The largest absolute Gasteiger partial charge is 0.394 e. The Morgan fingerprint density at radius 3 is 1.25 bits per heavy atom. The molecule has 3 saturated heterocycles. The average Bonchev–Trinajstić information content (AvgIpc) is 3.63. The third kappa shape index (κ3) is 31.4. The highest BCUT2D eigenvalue weighted by Gasteiger charge is 2.53. The van der Waals surface area contributed by atoms with Gasteiger partial charge in [-0.05, 0) is 64.2 Å². The SMILES string of the molecule is CCCCCCC/C=C\C/C=C\CCCCCCCCCCCCCCCC(=O)NC(COC1OC(CO)C(OC2OC(CO)C(OC3OC(CO)C(O)C(O)C3O)C(O)C2O)C(O)C1O)C(O)/C=C/CC/C=C/CCCCCCCCCCC. The van der Waals surface area contributed by atoms with Gasteiger partial charge in [-0.3, -0.25) is 4.79 Å². The van der Waals surface area contributed by atoms with E-state index < -0.39 is 124 Å². The summed E-state index contributed by atoms with van der Waals surface area (Å²) in [6.45, 7) is 1.70. The molecule has 3 heterocycles. The first-order valence-electron chi connectivity index (χ1n) is 33.4. The van der Waals surface area contributed by atoms with Crippen molar-refractivity contribution in [3.05, 3.63) is 48.6 Å². The van der Waals surface area contributed by atoms with Crippen molar-refractivity contribution in [3.8, 4) is 0 Å². The molecule has 496 valence electrons. The number of ether oxygens (including phenoxy) is 6. The van der Waals surface area contributed by atoms with Crippen molar-refractivity contribution in [2.45, 2.75) is 336 Å². The fourth-order valence-electron chi connectivity index (χ4n) is 11.1. The Balaban J connectivity index is 1.44. The van der Waals surface area contributed by atoms with Crippen LogP contribution in [0.25, 0.3) is 0 Å². The molecule has 0 bridgehead atoms. The van der Waals surface area contributed by atoms with Gasteiger partial charge in [-0.2, -0.15) is 0 Å². The van der Waals surface area contributed by atoms with Crippen molar-refractivity contribution in [2.24, 2.45) is 0 Å². The standard InChI is InChI=1S/C66H119NO18/c1-3-5-7-9-11-13-15-17-19-20-21-22-23-24-25-26-27-28-30-32-34-36-38-40-42-44-54(72)67-49(50(71)43-41-39-37-35-33-31-29-18-16-14-12-10-8-6-4-2)48-80-64-60(78)57(75)62(52(46-69)82-64)85-66-61(79)58(76)63(53(47-70)83-66)84-65-59(77)56(74)55(73)51(45-68)81-65/h15,17,20-21,33,35,41,43,49-53,55-66,68-71,73-79H,3-14,16,18-19,22-32,34,36-40,42,44-48H2,1-2H3,(H,67,72)/b17-15-,21-20-,35-33+,43-41+. The molecule has 12 N–H and O–H groups in total.